The topological polar surface area (TPSA) is 62.7 Å². The highest BCUT2D eigenvalue weighted by atomic mass is 32.1. The fourth-order valence-electron chi connectivity index (χ4n) is 3.16. The summed E-state index contributed by atoms with van der Waals surface area (Å²) in [5, 5.41) is 12.1. The van der Waals surface area contributed by atoms with Gasteiger partial charge in [-0.3, -0.25) is 9.69 Å². The number of carboxylic acid groups (broad SMARTS) is 1. The van der Waals surface area contributed by atoms with Gasteiger partial charge in [0, 0.05) is 25.0 Å². The minimum atomic E-state index is -0.719. The molecular formula is C18H21FN2O3S. The van der Waals surface area contributed by atoms with E-state index >= 15 is 0 Å². The maximum Gasteiger partial charge on any atom is 0.307 e. The summed E-state index contributed by atoms with van der Waals surface area (Å²) < 4.78 is 18.5. The molecule has 2 unspecified atom stereocenters. The number of carboxylic acids is 1. The molecule has 0 saturated carbocycles. The summed E-state index contributed by atoms with van der Waals surface area (Å²) in [6.07, 6.45) is 0.736. The number of benzene rings is 1. The monoisotopic (exact) mass is 364 g/mol. The van der Waals surface area contributed by atoms with E-state index in [1.807, 2.05) is 5.38 Å². The standard InChI is InChI=1S/C18H21FN2O3S/c1-12-6-13(18(22)23)8-21(7-12)9-15-11-25-17(20-15)10-24-16-4-2-14(19)3-5-16/h2-5,11-13H,6-10H2,1H3,(H,22,23). The van der Waals surface area contributed by atoms with Gasteiger partial charge in [0.15, 0.2) is 0 Å². The molecule has 3 rings (SSSR count). The Morgan fingerprint density at radius 3 is 2.88 bits per heavy atom. The number of nitrogens with zero attached hydrogens (tertiary/aromatic N) is 2. The molecule has 0 radical (unpaired) electrons. The molecule has 1 aliphatic heterocycles. The molecule has 1 N–H and O–H groups in total. The maximum absolute atomic E-state index is 12.9. The molecule has 1 aromatic carbocycles. The average molecular weight is 364 g/mol. The Hall–Kier alpha value is -1.99. The predicted molar refractivity (Wildman–Crippen MR) is 93.0 cm³/mol. The molecular weight excluding hydrogens is 343 g/mol. The second-order valence-electron chi connectivity index (χ2n) is 6.55. The lowest BCUT2D eigenvalue weighted by Gasteiger charge is -2.34. The minimum absolute atomic E-state index is 0.292. The number of thiazole rings is 1. The van der Waals surface area contributed by atoms with Gasteiger partial charge >= 0.3 is 5.97 Å². The number of carbonyl (C=O) groups is 1. The summed E-state index contributed by atoms with van der Waals surface area (Å²) >= 11 is 1.52. The van der Waals surface area contributed by atoms with Crippen LogP contribution in [0.25, 0.3) is 0 Å². The third-order valence-electron chi connectivity index (χ3n) is 4.25. The second kappa shape index (κ2) is 7.93. The van der Waals surface area contributed by atoms with Crippen molar-refractivity contribution in [3.8, 4) is 5.75 Å². The summed E-state index contributed by atoms with van der Waals surface area (Å²) in [5.74, 6) is -0.340. The first kappa shape index (κ1) is 17.8. The number of hydrogen-bond donors (Lipinski definition) is 1. The molecule has 0 spiro atoms. The third kappa shape index (κ3) is 4.99. The molecule has 2 heterocycles. The van der Waals surface area contributed by atoms with Gasteiger partial charge in [-0.05, 0) is 36.6 Å². The summed E-state index contributed by atoms with van der Waals surface area (Å²) in [5.41, 5.74) is 0.931. The Bertz CT molecular complexity index is 719. The molecule has 1 fully saturated rings. The van der Waals surface area contributed by atoms with E-state index in [0.29, 0.717) is 31.4 Å². The minimum Gasteiger partial charge on any atom is -0.486 e. The van der Waals surface area contributed by atoms with Crippen molar-refractivity contribution in [1.82, 2.24) is 9.88 Å². The van der Waals surface area contributed by atoms with Crippen molar-refractivity contribution in [2.75, 3.05) is 13.1 Å². The molecule has 1 saturated heterocycles. The van der Waals surface area contributed by atoms with Crippen molar-refractivity contribution in [2.24, 2.45) is 11.8 Å². The quantitative estimate of drug-likeness (QED) is 0.851. The zero-order valence-corrected chi connectivity index (χ0v) is 14.8. The predicted octanol–water partition coefficient (Wildman–Crippen LogP) is 3.40. The van der Waals surface area contributed by atoms with Gasteiger partial charge in [-0.25, -0.2) is 9.37 Å². The number of likely N-dealkylation sites (tertiary alicyclic amines) is 1. The lowest BCUT2D eigenvalue weighted by Crippen LogP contribution is -2.42. The van der Waals surface area contributed by atoms with Crippen molar-refractivity contribution in [1.29, 1.82) is 0 Å². The first-order valence-corrected chi connectivity index (χ1v) is 9.14. The van der Waals surface area contributed by atoms with Crippen LogP contribution in [-0.4, -0.2) is 34.0 Å². The van der Waals surface area contributed by atoms with Crippen LogP contribution < -0.4 is 4.74 Å². The first-order chi connectivity index (χ1) is 12.0. The van der Waals surface area contributed by atoms with Gasteiger partial charge in [-0.15, -0.1) is 11.3 Å². The second-order valence-corrected chi connectivity index (χ2v) is 7.49. The highest BCUT2D eigenvalue weighted by Crippen LogP contribution is 2.24. The van der Waals surface area contributed by atoms with Gasteiger partial charge in [-0.2, -0.15) is 0 Å². The smallest absolute Gasteiger partial charge is 0.307 e. The van der Waals surface area contributed by atoms with Crippen LogP contribution in [0.15, 0.2) is 29.6 Å². The molecule has 0 bridgehead atoms. The SMILES string of the molecule is CC1CC(C(=O)O)CN(Cc2csc(COc3ccc(F)cc3)n2)C1. The van der Waals surface area contributed by atoms with E-state index in [2.05, 4.69) is 16.8 Å². The number of aliphatic carboxylic acids is 1. The number of aromatic nitrogens is 1. The molecule has 25 heavy (non-hydrogen) atoms. The number of hydrogen-bond acceptors (Lipinski definition) is 5. The normalized spacial score (nSPS) is 21.2. The zero-order chi connectivity index (χ0) is 17.8. The van der Waals surface area contributed by atoms with Gasteiger partial charge in [0.1, 0.15) is 23.2 Å². The van der Waals surface area contributed by atoms with Crippen molar-refractivity contribution in [2.45, 2.75) is 26.5 Å². The molecule has 5 nitrogen and oxygen atoms in total. The molecule has 1 aliphatic rings. The van der Waals surface area contributed by atoms with Crippen molar-refractivity contribution in [3.63, 3.8) is 0 Å². The van der Waals surface area contributed by atoms with Crippen LogP contribution in [-0.2, 0) is 17.9 Å². The molecule has 1 aromatic heterocycles. The van der Waals surface area contributed by atoms with Gasteiger partial charge in [0.25, 0.3) is 0 Å². The van der Waals surface area contributed by atoms with E-state index in [1.54, 1.807) is 12.1 Å². The Morgan fingerprint density at radius 1 is 1.40 bits per heavy atom. The van der Waals surface area contributed by atoms with Crippen molar-refractivity contribution >= 4 is 17.3 Å². The van der Waals surface area contributed by atoms with Gasteiger partial charge < -0.3 is 9.84 Å². The van der Waals surface area contributed by atoms with E-state index < -0.39 is 5.97 Å². The average Bonchev–Trinajstić information content (AvgIpc) is 3.01. The highest BCUT2D eigenvalue weighted by molar-refractivity contribution is 7.09. The van der Waals surface area contributed by atoms with Gasteiger partial charge in [-0.1, -0.05) is 6.92 Å². The van der Waals surface area contributed by atoms with E-state index in [4.69, 9.17) is 4.74 Å². The molecule has 7 heteroatoms. The number of ether oxygens (including phenoxy) is 1. The van der Waals surface area contributed by atoms with E-state index in [1.165, 1.54) is 23.5 Å². The summed E-state index contributed by atoms with van der Waals surface area (Å²) in [4.78, 5) is 18.0. The highest BCUT2D eigenvalue weighted by Gasteiger charge is 2.29. The number of rotatable bonds is 6. The Kier molecular flexibility index (Phi) is 5.65. The Balaban J connectivity index is 1.54. The van der Waals surface area contributed by atoms with E-state index in [0.717, 1.165) is 23.7 Å². The summed E-state index contributed by atoms with van der Waals surface area (Å²) in [6, 6.07) is 5.90. The molecule has 0 amide bonds. The van der Waals surface area contributed by atoms with Crippen LogP contribution in [0.1, 0.15) is 24.0 Å². The van der Waals surface area contributed by atoms with Crippen LogP contribution >= 0.6 is 11.3 Å². The largest absolute Gasteiger partial charge is 0.486 e. The lowest BCUT2D eigenvalue weighted by molar-refractivity contribution is -0.144. The molecule has 0 aliphatic carbocycles. The third-order valence-corrected chi connectivity index (χ3v) is 5.12. The Labute approximate surface area is 150 Å². The summed E-state index contributed by atoms with van der Waals surface area (Å²) in [6.45, 7) is 4.54. The van der Waals surface area contributed by atoms with Crippen LogP contribution in [0.2, 0.25) is 0 Å². The molecule has 2 aromatic rings. The van der Waals surface area contributed by atoms with Crippen LogP contribution in [0.3, 0.4) is 0 Å². The van der Waals surface area contributed by atoms with Gasteiger partial charge in [0.2, 0.25) is 0 Å². The van der Waals surface area contributed by atoms with Crippen LogP contribution in [0.4, 0.5) is 4.39 Å². The van der Waals surface area contributed by atoms with Crippen molar-refractivity contribution in [3.05, 3.63) is 46.2 Å². The lowest BCUT2D eigenvalue weighted by atomic mass is 9.90. The fourth-order valence-corrected chi connectivity index (χ4v) is 3.86. The fraction of sp³-hybridized carbons (Fsp3) is 0.444. The van der Waals surface area contributed by atoms with Gasteiger partial charge in [0.05, 0.1) is 11.6 Å². The zero-order valence-electron chi connectivity index (χ0n) is 14.0. The number of halogens is 1. The number of piperidine rings is 1. The van der Waals surface area contributed by atoms with E-state index in [9.17, 15) is 14.3 Å². The summed E-state index contributed by atoms with van der Waals surface area (Å²) in [7, 11) is 0. The molecule has 134 valence electrons. The maximum atomic E-state index is 12.9. The van der Waals surface area contributed by atoms with Crippen LogP contribution in [0, 0.1) is 17.7 Å². The molecule has 2 atom stereocenters. The van der Waals surface area contributed by atoms with Crippen LogP contribution in [0.5, 0.6) is 5.75 Å². The first-order valence-electron chi connectivity index (χ1n) is 8.26. The van der Waals surface area contributed by atoms with Crippen molar-refractivity contribution < 1.29 is 19.0 Å². The van der Waals surface area contributed by atoms with E-state index in [-0.39, 0.29) is 11.7 Å². The Morgan fingerprint density at radius 2 is 2.16 bits per heavy atom.